The van der Waals surface area contributed by atoms with Crippen LogP contribution in [0.1, 0.15) is 10.4 Å². The van der Waals surface area contributed by atoms with Crippen LogP contribution in [0.15, 0.2) is 71.3 Å². The molecule has 0 saturated carbocycles. The zero-order valence-electron chi connectivity index (χ0n) is 13.5. The van der Waals surface area contributed by atoms with Crippen molar-refractivity contribution in [2.24, 2.45) is 0 Å². The number of halogens is 1. The van der Waals surface area contributed by atoms with Crippen LogP contribution in [0.4, 0.5) is 17.2 Å². The first-order valence-electron chi connectivity index (χ1n) is 7.59. The van der Waals surface area contributed by atoms with E-state index >= 15 is 0 Å². The summed E-state index contributed by atoms with van der Waals surface area (Å²) in [6.45, 7) is 0. The van der Waals surface area contributed by atoms with Crippen molar-refractivity contribution in [1.29, 1.82) is 0 Å². The molecule has 0 spiro atoms. The highest BCUT2D eigenvalue weighted by Gasteiger charge is 2.07. The molecular formula is C19H16BrN3O2. The van der Waals surface area contributed by atoms with E-state index in [-0.39, 0.29) is 5.91 Å². The largest absolute Gasteiger partial charge is 0.497 e. The Hall–Kier alpha value is -2.86. The van der Waals surface area contributed by atoms with E-state index in [2.05, 4.69) is 31.5 Å². The van der Waals surface area contributed by atoms with Gasteiger partial charge in [0.25, 0.3) is 5.91 Å². The molecular weight excluding hydrogens is 382 g/mol. The number of methoxy groups -OCH3 is 1. The first-order chi connectivity index (χ1) is 12.2. The van der Waals surface area contributed by atoms with Gasteiger partial charge in [-0.2, -0.15) is 0 Å². The minimum atomic E-state index is -0.198. The van der Waals surface area contributed by atoms with Crippen molar-refractivity contribution in [2.45, 2.75) is 0 Å². The van der Waals surface area contributed by atoms with Crippen LogP contribution in [0.2, 0.25) is 0 Å². The molecule has 0 saturated heterocycles. The molecule has 3 aromatic rings. The van der Waals surface area contributed by atoms with Crippen LogP contribution in [0.3, 0.4) is 0 Å². The first-order valence-corrected chi connectivity index (χ1v) is 8.38. The zero-order chi connectivity index (χ0) is 17.6. The summed E-state index contributed by atoms with van der Waals surface area (Å²) in [6.07, 6.45) is 1.61. The second kappa shape index (κ2) is 7.81. The van der Waals surface area contributed by atoms with E-state index in [1.807, 2.05) is 30.3 Å². The minimum Gasteiger partial charge on any atom is -0.497 e. The molecule has 0 radical (unpaired) electrons. The quantitative estimate of drug-likeness (QED) is 0.645. The lowest BCUT2D eigenvalue weighted by Gasteiger charge is -2.09. The third kappa shape index (κ3) is 4.36. The Morgan fingerprint density at radius 1 is 1.04 bits per heavy atom. The molecule has 25 heavy (non-hydrogen) atoms. The average Bonchev–Trinajstić information content (AvgIpc) is 2.65. The molecule has 1 aromatic heterocycles. The van der Waals surface area contributed by atoms with Crippen molar-refractivity contribution in [3.05, 3.63) is 76.9 Å². The summed E-state index contributed by atoms with van der Waals surface area (Å²) in [5, 5.41) is 6.03. The van der Waals surface area contributed by atoms with E-state index in [0.717, 1.165) is 10.2 Å². The van der Waals surface area contributed by atoms with Crippen LogP contribution < -0.4 is 15.4 Å². The highest BCUT2D eigenvalue weighted by atomic mass is 79.9. The number of rotatable bonds is 5. The van der Waals surface area contributed by atoms with Crippen LogP contribution in [0.25, 0.3) is 0 Å². The second-order valence-corrected chi connectivity index (χ2v) is 6.07. The van der Waals surface area contributed by atoms with E-state index in [0.29, 0.717) is 22.8 Å². The van der Waals surface area contributed by atoms with Gasteiger partial charge in [0, 0.05) is 10.0 Å². The predicted molar refractivity (Wildman–Crippen MR) is 103 cm³/mol. The molecule has 126 valence electrons. The maximum atomic E-state index is 12.2. The van der Waals surface area contributed by atoms with E-state index in [4.69, 9.17) is 4.74 Å². The lowest BCUT2D eigenvalue weighted by molar-refractivity contribution is 0.102. The lowest BCUT2D eigenvalue weighted by Crippen LogP contribution is -2.12. The molecule has 3 rings (SSSR count). The smallest absolute Gasteiger partial charge is 0.255 e. The Morgan fingerprint density at radius 3 is 2.44 bits per heavy atom. The Balaban J connectivity index is 1.65. The van der Waals surface area contributed by atoms with E-state index in [9.17, 15) is 4.79 Å². The van der Waals surface area contributed by atoms with Gasteiger partial charge in [0.1, 0.15) is 11.6 Å². The number of para-hydroxylation sites is 1. The normalized spacial score (nSPS) is 10.2. The van der Waals surface area contributed by atoms with E-state index in [1.54, 1.807) is 43.6 Å². The molecule has 1 amide bonds. The molecule has 0 bridgehead atoms. The fourth-order valence-electron chi connectivity index (χ4n) is 2.19. The number of aromatic nitrogens is 1. The average molecular weight is 398 g/mol. The number of benzene rings is 2. The third-order valence-corrected chi connectivity index (χ3v) is 4.20. The van der Waals surface area contributed by atoms with Crippen LogP contribution >= 0.6 is 15.9 Å². The van der Waals surface area contributed by atoms with Gasteiger partial charge >= 0.3 is 0 Å². The lowest BCUT2D eigenvalue weighted by atomic mass is 10.2. The molecule has 2 N–H and O–H groups in total. The van der Waals surface area contributed by atoms with Gasteiger partial charge in [-0.05, 0) is 64.5 Å². The Morgan fingerprint density at radius 2 is 1.80 bits per heavy atom. The molecule has 2 aromatic carbocycles. The summed E-state index contributed by atoms with van der Waals surface area (Å²) in [7, 11) is 1.59. The Labute approximate surface area is 154 Å². The summed E-state index contributed by atoms with van der Waals surface area (Å²) in [5.41, 5.74) is 2.10. The highest BCUT2D eigenvalue weighted by molar-refractivity contribution is 9.10. The molecule has 5 nitrogen and oxygen atoms in total. The molecule has 0 fully saturated rings. The van der Waals surface area contributed by atoms with Gasteiger partial charge < -0.3 is 15.4 Å². The van der Waals surface area contributed by atoms with Gasteiger partial charge in [-0.3, -0.25) is 4.79 Å². The number of hydrogen-bond acceptors (Lipinski definition) is 4. The fourth-order valence-corrected chi connectivity index (χ4v) is 2.57. The minimum absolute atomic E-state index is 0.198. The third-order valence-electron chi connectivity index (χ3n) is 3.51. The predicted octanol–water partition coefficient (Wildman–Crippen LogP) is 4.85. The summed E-state index contributed by atoms with van der Waals surface area (Å²) in [6, 6.07) is 18.3. The van der Waals surface area contributed by atoms with Gasteiger partial charge in [0.2, 0.25) is 0 Å². The summed E-state index contributed by atoms with van der Waals surface area (Å²) in [4.78, 5) is 16.6. The van der Waals surface area contributed by atoms with Crippen molar-refractivity contribution in [1.82, 2.24) is 4.98 Å². The zero-order valence-corrected chi connectivity index (χ0v) is 15.1. The number of pyridine rings is 1. The number of nitrogens with zero attached hydrogens (tertiary/aromatic N) is 1. The number of carbonyl (C=O) groups excluding carboxylic acids is 1. The van der Waals surface area contributed by atoms with Gasteiger partial charge in [0.05, 0.1) is 24.7 Å². The SMILES string of the molecule is COc1ccc(C(=O)Nc2ccc(Nc3ccccc3Br)nc2)cc1. The van der Waals surface area contributed by atoms with Gasteiger partial charge in [-0.1, -0.05) is 12.1 Å². The van der Waals surface area contributed by atoms with Crippen LogP contribution in [-0.2, 0) is 0 Å². The number of carbonyl (C=O) groups is 1. The topological polar surface area (TPSA) is 63.2 Å². The van der Waals surface area contributed by atoms with Gasteiger partial charge in [-0.15, -0.1) is 0 Å². The molecule has 0 atom stereocenters. The summed E-state index contributed by atoms with van der Waals surface area (Å²) < 4.78 is 6.04. The molecule has 0 aliphatic heterocycles. The van der Waals surface area contributed by atoms with Crippen LogP contribution in [-0.4, -0.2) is 18.0 Å². The first kappa shape index (κ1) is 17.0. The number of ether oxygens (including phenoxy) is 1. The maximum absolute atomic E-state index is 12.2. The molecule has 1 heterocycles. The second-order valence-electron chi connectivity index (χ2n) is 5.22. The van der Waals surface area contributed by atoms with Crippen molar-refractivity contribution < 1.29 is 9.53 Å². The maximum Gasteiger partial charge on any atom is 0.255 e. The van der Waals surface area contributed by atoms with Crippen LogP contribution in [0.5, 0.6) is 5.75 Å². The Bertz CT molecular complexity index is 865. The number of nitrogens with one attached hydrogen (secondary N) is 2. The Kier molecular flexibility index (Phi) is 5.30. The van der Waals surface area contributed by atoms with E-state index in [1.165, 1.54) is 0 Å². The highest BCUT2D eigenvalue weighted by Crippen LogP contribution is 2.24. The molecule has 0 unspecified atom stereocenters. The number of anilines is 3. The standard InChI is InChI=1S/C19H16BrN3O2/c1-25-15-9-6-13(7-10-15)19(24)22-14-8-11-18(21-12-14)23-17-5-3-2-4-16(17)20/h2-12H,1H3,(H,21,23)(H,22,24). The van der Waals surface area contributed by atoms with Crippen molar-refractivity contribution in [2.75, 3.05) is 17.7 Å². The molecule has 6 heteroatoms. The molecule has 0 aliphatic rings. The summed E-state index contributed by atoms with van der Waals surface area (Å²) >= 11 is 3.48. The van der Waals surface area contributed by atoms with Crippen molar-refractivity contribution in [3.8, 4) is 5.75 Å². The van der Waals surface area contributed by atoms with E-state index < -0.39 is 0 Å². The number of amides is 1. The van der Waals surface area contributed by atoms with Gasteiger partial charge in [-0.25, -0.2) is 4.98 Å². The number of hydrogen-bond donors (Lipinski definition) is 2. The van der Waals surface area contributed by atoms with Crippen molar-refractivity contribution >= 4 is 39.0 Å². The van der Waals surface area contributed by atoms with Crippen LogP contribution in [0, 0.1) is 0 Å². The fraction of sp³-hybridized carbons (Fsp3) is 0.0526. The van der Waals surface area contributed by atoms with Gasteiger partial charge in [0.15, 0.2) is 0 Å². The van der Waals surface area contributed by atoms with Crippen molar-refractivity contribution in [3.63, 3.8) is 0 Å². The molecule has 0 aliphatic carbocycles. The summed E-state index contributed by atoms with van der Waals surface area (Å²) in [5.74, 6) is 1.20. The monoisotopic (exact) mass is 397 g/mol.